The summed E-state index contributed by atoms with van der Waals surface area (Å²) in [4.78, 5) is 34.6. The minimum absolute atomic E-state index is 0.111. The minimum atomic E-state index is -0.598. The number of nitrogens with zero attached hydrogens (tertiary/aromatic N) is 1. The van der Waals surface area contributed by atoms with Crippen molar-refractivity contribution in [2.45, 2.75) is 0 Å². The van der Waals surface area contributed by atoms with Crippen molar-refractivity contribution in [2.24, 2.45) is 0 Å². The van der Waals surface area contributed by atoms with Crippen molar-refractivity contribution in [1.82, 2.24) is 5.32 Å². The van der Waals surface area contributed by atoms with Gasteiger partial charge in [-0.15, -0.1) is 0 Å². The molecule has 28 heavy (non-hydrogen) atoms. The molecule has 0 radical (unpaired) electrons. The van der Waals surface area contributed by atoms with E-state index in [1.54, 1.807) is 6.07 Å². The van der Waals surface area contributed by atoms with E-state index < -0.39 is 10.8 Å². The van der Waals surface area contributed by atoms with Crippen molar-refractivity contribution < 1.29 is 14.5 Å². The van der Waals surface area contributed by atoms with E-state index in [0.717, 1.165) is 10.8 Å². The SMILES string of the molecule is CNC(=O)CNc1ccc(C(=O)Nc2ccc3ccccc3c2)cc1[N+](=O)[O-]. The van der Waals surface area contributed by atoms with Gasteiger partial charge in [0.1, 0.15) is 5.69 Å². The number of fused-ring (bicyclic) bond motifs is 1. The van der Waals surface area contributed by atoms with E-state index in [4.69, 9.17) is 0 Å². The van der Waals surface area contributed by atoms with Crippen molar-refractivity contribution in [2.75, 3.05) is 24.2 Å². The molecule has 3 aromatic carbocycles. The van der Waals surface area contributed by atoms with Crippen LogP contribution in [0.2, 0.25) is 0 Å². The van der Waals surface area contributed by atoms with Gasteiger partial charge in [-0.05, 0) is 35.0 Å². The number of nitrogens with one attached hydrogen (secondary N) is 3. The van der Waals surface area contributed by atoms with Crippen LogP contribution in [0.3, 0.4) is 0 Å². The van der Waals surface area contributed by atoms with Crippen molar-refractivity contribution in [3.05, 3.63) is 76.3 Å². The molecule has 0 saturated heterocycles. The Labute approximate surface area is 160 Å². The smallest absolute Gasteiger partial charge is 0.293 e. The number of nitro groups is 1. The van der Waals surface area contributed by atoms with E-state index in [-0.39, 0.29) is 29.4 Å². The second kappa shape index (κ2) is 8.17. The molecule has 0 aliphatic carbocycles. The van der Waals surface area contributed by atoms with Crippen molar-refractivity contribution in [3.63, 3.8) is 0 Å². The Morgan fingerprint density at radius 2 is 1.75 bits per heavy atom. The maximum Gasteiger partial charge on any atom is 0.293 e. The second-order valence-electron chi connectivity index (χ2n) is 6.03. The summed E-state index contributed by atoms with van der Waals surface area (Å²) in [5.41, 5.74) is 0.615. The average molecular weight is 378 g/mol. The van der Waals surface area contributed by atoms with Crippen molar-refractivity contribution in [3.8, 4) is 0 Å². The molecule has 0 heterocycles. The first kappa shape index (κ1) is 18.8. The predicted molar refractivity (Wildman–Crippen MR) is 108 cm³/mol. The lowest BCUT2D eigenvalue weighted by molar-refractivity contribution is -0.384. The normalized spacial score (nSPS) is 10.3. The minimum Gasteiger partial charge on any atom is -0.371 e. The lowest BCUT2D eigenvalue weighted by atomic mass is 10.1. The number of likely N-dealkylation sites (N-methyl/N-ethyl adjacent to an activating group) is 1. The van der Waals surface area contributed by atoms with Crippen LogP contribution in [0.1, 0.15) is 10.4 Å². The Kier molecular flexibility index (Phi) is 5.50. The molecule has 0 spiro atoms. The zero-order valence-corrected chi connectivity index (χ0v) is 15.1. The van der Waals surface area contributed by atoms with Gasteiger partial charge in [0.05, 0.1) is 11.5 Å². The molecule has 0 atom stereocenters. The first-order chi connectivity index (χ1) is 13.5. The zero-order chi connectivity index (χ0) is 20.1. The maximum atomic E-state index is 12.5. The summed E-state index contributed by atoms with van der Waals surface area (Å²) in [5, 5.41) is 21.2. The Morgan fingerprint density at radius 1 is 1.00 bits per heavy atom. The first-order valence-corrected chi connectivity index (χ1v) is 8.51. The lowest BCUT2D eigenvalue weighted by Crippen LogP contribution is -2.26. The molecular formula is C20H18N4O4. The van der Waals surface area contributed by atoms with Gasteiger partial charge in [-0.25, -0.2) is 0 Å². The lowest BCUT2D eigenvalue weighted by Gasteiger charge is -2.09. The Bertz CT molecular complexity index is 1070. The highest BCUT2D eigenvalue weighted by Crippen LogP contribution is 2.26. The fourth-order valence-electron chi connectivity index (χ4n) is 2.71. The number of anilines is 2. The number of amides is 2. The number of carbonyl (C=O) groups is 2. The van der Waals surface area contributed by atoms with Gasteiger partial charge in [-0.1, -0.05) is 30.3 Å². The van der Waals surface area contributed by atoms with Crippen molar-refractivity contribution in [1.29, 1.82) is 0 Å². The molecule has 0 saturated carbocycles. The Morgan fingerprint density at radius 3 is 2.46 bits per heavy atom. The van der Waals surface area contributed by atoms with E-state index in [9.17, 15) is 19.7 Å². The van der Waals surface area contributed by atoms with Crippen LogP contribution < -0.4 is 16.0 Å². The number of hydrogen-bond donors (Lipinski definition) is 3. The van der Waals surface area contributed by atoms with Crippen LogP contribution in [0.4, 0.5) is 17.1 Å². The third-order valence-corrected chi connectivity index (χ3v) is 4.18. The van der Waals surface area contributed by atoms with E-state index in [0.29, 0.717) is 5.69 Å². The summed E-state index contributed by atoms with van der Waals surface area (Å²) in [6.07, 6.45) is 0. The van der Waals surface area contributed by atoms with Gasteiger partial charge < -0.3 is 16.0 Å². The van der Waals surface area contributed by atoms with Crippen LogP contribution in [0.25, 0.3) is 10.8 Å². The van der Waals surface area contributed by atoms with E-state index in [1.165, 1.54) is 25.2 Å². The molecule has 0 unspecified atom stereocenters. The summed E-state index contributed by atoms with van der Waals surface area (Å²) in [6.45, 7) is -0.111. The number of carbonyl (C=O) groups excluding carboxylic acids is 2. The average Bonchev–Trinajstić information content (AvgIpc) is 2.71. The fraction of sp³-hybridized carbons (Fsp3) is 0.100. The van der Waals surface area contributed by atoms with Gasteiger partial charge in [-0.3, -0.25) is 19.7 Å². The van der Waals surface area contributed by atoms with Crippen LogP contribution in [-0.4, -0.2) is 30.3 Å². The Balaban J connectivity index is 1.81. The van der Waals surface area contributed by atoms with E-state index in [2.05, 4.69) is 16.0 Å². The van der Waals surface area contributed by atoms with Crippen LogP contribution in [0, 0.1) is 10.1 Å². The number of rotatable bonds is 6. The standard InChI is InChI=1S/C20H18N4O4/c1-21-19(25)12-22-17-9-7-15(11-18(17)24(27)28)20(26)23-16-8-6-13-4-2-3-5-14(13)10-16/h2-11,22H,12H2,1H3,(H,21,25)(H,23,26). The maximum absolute atomic E-state index is 12.5. The monoisotopic (exact) mass is 378 g/mol. The summed E-state index contributed by atoms with van der Waals surface area (Å²) >= 11 is 0. The largest absolute Gasteiger partial charge is 0.371 e. The Hall–Kier alpha value is -3.94. The van der Waals surface area contributed by atoms with Gasteiger partial charge >= 0.3 is 0 Å². The first-order valence-electron chi connectivity index (χ1n) is 8.51. The highest BCUT2D eigenvalue weighted by atomic mass is 16.6. The van der Waals surface area contributed by atoms with Crippen LogP contribution >= 0.6 is 0 Å². The number of benzene rings is 3. The highest BCUT2D eigenvalue weighted by Gasteiger charge is 2.18. The van der Waals surface area contributed by atoms with Crippen LogP contribution in [0.5, 0.6) is 0 Å². The highest BCUT2D eigenvalue weighted by molar-refractivity contribution is 6.06. The fourth-order valence-corrected chi connectivity index (χ4v) is 2.71. The summed E-state index contributed by atoms with van der Waals surface area (Å²) < 4.78 is 0. The summed E-state index contributed by atoms with van der Waals surface area (Å²) in [5.74, 6) is -0.774. The third kappa shape index (κ3) is 4.24. The molecule has 2 amide bonds. The van der Waals surface area contributed by atoms with Crippen LogP contribution in [-0.2, 0) is 4.79 Å². The molecule has 0 bridgehead atoms. The molecule has 8 nitrogen and oxygen atoms in total. The molecule has 3 rings (SSSR count). The van der Waals surface area contributed by atoms with E-state index >= 15 is 0 Å². The summed E-state index contributed by atoms with van der Waals surface area (Å²) in [6, 6.07) is 17.3. The quantitative estimate of drug-likeness (QED) is 0.450. The van der Waals surface area contributed by atoms with E-state index in [1.807, 2.05) is 36.4 Å². The molecule has 142 valence electrons. The van der Waals surface area contributed by atoms with Gasteiger partial charge in [0.2, 0.25) is 5.91 Å². The molecule has 8 heteroatoms. The molecule has 3 aromatic rings. The molecule has 0 aliphatic heterocycles. The number of nitro benzene ring substituents is 1. The van der Waals surface area contributed by atoms with Crippen molar-refractivity contribution >= 4 is 39.6 Å². The van der Waals surface area contributed by atoms with Gasteiger partial charge in [0.25, 0.3) is 11.6 Å². The third-order valence-electron chi connectivity index (χ3n) is 4.18. The molecule has 0 aromatic heterocycles. The number of hydrogen-bond acceptors (Lipinski definition) is 5. The molecule has 0 fully saturated rings. The molecular weight excluding hydrogens is 360 g/mol. The topological polar surface area (TPSA) is 113 Å². The van der Waals surface area contributed by atoms with Gasteiger partial charge in [0, 0.05) is 24.4 Å². The molecule has 3 N–H and O–H groups in total. The molecule has 0 aliphatic rings. The van der Waals surface area contributed by atoms with Gasteiger partial charge in [-0.2, -0.15) is 0 Å². The summed E-state index contributed by atoms with van der Waals surface area (Å²) in [7, 11) is 1.47. The zero-order valence-electron chi connectivity index (χ0n) is 15.1. The predicted octanol–water partition coefficient (Wildman–Crippen LogP) is 3.16. The van der Waals surface area contributed by atoms with Crippen LogP contribution in [0.15, 0.2) is 60.7 Å². The second-order valence-corrected chi connectivity index (χ2v) is 6.03. The van der Waals surface area contributed by atoms with Gasteiger partial charge in [0.15, 0.2) is 0 Å².